The summed E-state index contributed by atoms with van der Waals surface area (Å²) in [4.78, 5) is 0. The third-order valence-electron chi connectivity index (χ3n) is 0.600. The van der Waals surface area contributed by atoms with Crippen molar-refractivity contribution in [1.82, 2.24) is 0 Å². The Morgan fingerprint density at radius 3 is 0.941 bits per heavy atom. The van der Waals surface area contributed by atoms with Gasteiger partial charge in [0, 0.05) is 0 Å². The van der Waals surface area contributed by atoms with Crippen LogP contribution in [-0.4, -0.2) is 0 Å². The van der Waals surface area contributed by atoms with Crippen molar-refractivity contribution in [2.45, 2.75) is 0 Å². The molecule has 0 aliphatic heterocycles. The van der Waals surface area contributed by atoms with E-state index < -0.39 is 60.1 Å². The summed E-state index contributed by atoms with van der Waals surface area (Å²) >= 11 is -27.2. The van der Waals surface area contributed by atoms with Crippen molar-refractivity contribution in [2.75, 3.05) is 0 Å². The molecule has 0 rings (SSSR count). The molecule has 0 saturated heterocycles. The van der Waals surface area contributed by atoms with Gasteiger partial charge in [-0.05, 0) is 0 Å². The molecule has 0 N–H and O–H groups in total. The van der Waals surface area contributed by atoms with Gasteiger partial charge in [-0.1, -0.05) is 0 Å². The maximum absolute atomic E-state index is 10.5. The van der Waals surface area contributed by atoms with E-state index in [-0.39, 0.29) is 0 Å². The van der Waals surface area contributed by atoms with Crippen LogP contribution in [0.3, 0.4) is 0 Å². The summed E-state index contributed by atoms with van der Waals surface area (Å²) in [7, 11) is 0. The second-order valence-corrected chi connectivity index (χ2v) is 11.5. The molecule has 0 unspecified atom stereocenters. The standard InChI is InChI=1S/13O.4V/q;;;;;;;6*-1;;;;. The molecule has 13 nitrogen and oxygen atoms in total. The van der Waals surface area contributed by atoms with E-state index >= 15 is 0 Å². The van der Waals surface area contributed by atoms with E-state index in [9.17, 15) is 38.9 Å². The van der Waals surface area contributed by atoms with E-state index in [0.717, 1.165) is 0 Å². The number of rotatable bonds is 6. The van der Waals surface area contributed by atoms with Gasteiger partial charge in [-0.25, -0.2) is 0 Å². The molecule has 0 aromatic heterocycles. The van der Waals surface area contributed by atoms with E-state index in [4.69, 9.17) is 0 Å². The Morgan fingerprint density at radius 2 is 0.765 bits per heavy atom. The van der Waals surface area contributed by atoms with Gasteiger partial charge in [0.15, 0.2) is 0 Å². The van der Waals surface area contributed by atoms with Crippen molar-refractivity contribution in [3.05, 3.63) is 0 Å². The summed E-state index contributed by atoms with van der Waals surface area (Å²) in [5, 5.41) is 0. The first-order valence-electron chi connectivity index (χ1n) is 2.92. The first kappa shape index (κ1) is 18.2. The molecule has 0 heterocycles. The average Bonchev–Trinajstić information content (AvgIpc) is 1.65. The van der Waals surface area contributed by atoms with Crippen LogP contribution in [0.5, 0.6) is 0 Å². The van der Waals surface area contributed by atoms with Gasteiger partial charge < -0.3 is 0 Å². The Balaban J connectivity index is 4.84. The molecular formula is O13V4-6. The van der Waals surface area contributed by atoms with E-state index in [0.29, 0.717) is 0 Å². The Hall–Kier alpha value is 1.18. The van der Waals surface area contributed by atoms with Crippen molar-refractivity contribution in [3.8, 4) is 0 Å². The molecule has 0 aliphatic rings. The van der Waals surface area contributed by atoms with Crippen LogP contribution in [-0.2, 0) is 82.6 Å². The van der Waals surface area contributed by atoms with Crippen LogP contribution in [0.25, 0.3) is 0 Å². The predicted octanol–water partition coefficient (Wildman–Crippen LogP) is -7.82. The Kier molecular flexibility index (Phi) is 6.05. The molecule has 0 aromatic carbocycles. The normalized spacial score (nSPS) is 20.6. The molecule has 0 bridgehead atoms. The molecule has 17 heteroatoms. The fourth-order valence-electron chi connectivity index (χ4n) is 0.397. The summed E-state index contributed by atoms with van der Waals surface area (Å²) in [5.74, 6) is 0. The van der Waals surface area contributed by atoms with Gasteiger partial charge in [-0.3, -0.25) is 0 Å². The Labute approximate surface area is 106 Å². The Bertz CT molecular complexity index is 402. The van der Waals surface area contributed by atoms with Crippen LogP contribution in [0.1, 0.15) is 0 Å². The van der Waals surface area contributed by atoms with Crippen LogP contribution in [0.15, 0.2) is 0 Å². The summed E-state index contributed by atoms with van der Waals surface area (Å²) < 4.78 is 110. The van der Waals surface area contributed by atoms with Crippen LogP contribution in [0.4, 0.5) is 0 Å². The fraction of sp³-hybridized carbons (Fsp3) is 0. The van der Waals surface area contributed by atoms with Gasteiger partial charge in [0.05, 0.1) is 0 Å². The number of hydrogen-bond donors (Lipinski definition) is 0. The van der Waals surface area contributed by atoms with Crippen molar-refractivity contribution in [3.63, 3.8) is 0 Å². The van der Waals surface area contributed by atoms with Crippen molar-refractivity contribution < 1.29 is 107 Å². The van der Waals surface area contributed by atoms with E-state index in [1.165, 1.54) is 0 Å². The van der Waals surface area contributed by atoms with E-state index in [1.807, 2.05) is 0 Å². The van der Waals surface area contributed by atoms with E-state index in [1.54, 1.807) is 0 Å². The van der Waals surface area contributed by atoms with Gasteiger partial charge >= 0.3 is 107 Å². The van der Waals surface area contributed by atoms with Gasteiger partial charge in [0.2, 0.25) is 0 Å². The first-order chi connectivity index (χ1) is 7.12. The first-order valence-corrected chi connectivity index (χ1v) is 12.0. The second kappa shape index (κ2) is 5.66. The third-order valence-corrected chi connectivity index (χ3v) is 10.2. The van der Waals surface area contributed by atoms with Gasteiger partial charge in [-0.2, -0.15) is 0 Å². The van der Waals surface area contributed by atoms with E-state index in [2.05, 4.69) is 7.76 Å². The molecule has 0 atom stereocenters. The zero-order valence-corrected chi connectivity index (χ0v) is 12.7. The van der Waals surface area contributed by atoms with Crippen LogP contribution in [0.2, 0.25) is 0 Å². The molecular weight excluding hydrogens is 412 g/mol. The molecule has 0 saturated carbocycles. The molecule has 0 aliphatic carbocycles. The zero-order valence-electron chi connectivity index (χ0n) is 7.10. The molecule has 0 fully saturated rings. The summed E-state index contributed by atoms with van der Waals surface area (Å²) in [5.41, 5.74) is 0. The molecule has 104 valence electrons. The molecule has 0 amide bonds. The van der Waals surface area contributed by atoms with Crippen molar-refractivity contribution >= 4 is 0 Å². The van der Waals surface area contributed by atoms with Crippen LogP contribution < -0.4 is 24.2 Å². The van der Waals surface area contributed by atoms with Crippen molar-refractivity contribution in [1.29, 1.82) is 0 Å². The monoisotopic (exact) mass is 412 g/mol. The van der Waals surface area contributed by atoms with Crippen LogP contribution >= 0.6 is 0 Å². The fourth-order valence-corrected chi connectivity index (χ4v) is 8.34. The second-order valence-electron chi connectivity index (χ2n) is 2.03. The average molecular weight is 412 g/mol. The number of hydrogen-bond acceptors (Lipinski definition) is 13. The zero-order chi connectivity index (χ0) is 14.1. The third kappa shape index (κ3) is 10.8. The van der Waals surface area contributed by atoms with Gasteiger partial charge in [0.1, 0.15) is 0 Å². The predicted molar refractivity (Wildman–Crippen MR) is 6.00 cm³/mol. The maximum atomic E-state index is 10.5. The summed E-state index contributed by atoms with van der Waals surface area (Å²) in [6.45, 7) is 0. The summed E-state index contributed by atoms with van der Waals surface area (Å²) in [6.07, 6.45) is 0. The van der Waals surface area contributed by atoms with Gasteiger partial charge in [-0.15, -0.1) is 0 Å². The molecule has 17 heavy (non-hydrogen) atoms. The molecule has 0 aromatic rings. The molecule has 0 radical (unpaired) electrons. The minimum absolute atomic E-state index is 2.80. The minimum atomic E-state index is -6.86. The quantitative estimate of drug-likeness (QED) is 0.395. The topological polar surface area (TPSA) is 234 Å². The summed E-state index contributed by atoms with van der Waals surface area (Å²) in [6, 6.07) is 0. The van der Waals surface area contributed by atoms with Crippen molar-refractivity contribution in [2.24, 2.45) is 0 Å². The molecule has 0 spiro atoms. The SMILES string of the molecule is [O]=[V]([O-])([O-])[O][V](=[O])([O-])[O][V](=[O])([O-])[O][V](=[O])([O-])[O-]. The van der Waals surface area contributed by atoms with Crippen LogP contribution in [0, 0.1) is 0 Å². The Morgan fingerprint density at radius 1 is 0.529 bits per heavy atom. The van der Waals surface area contributed by atoms with Gasteiger partial charge in [0.25, 0.3) is 0 Å².